The van der Waals surface area contributed by atoms with Gasteiger partial charge in [0.1, 0.15) is 0 Å². The molecule has 1 heterocycles. The number of anilines is 1. The number of oxime groups is 1. The molecule has 3 N–H and O–H groups in total. The fourth-order valence-electron chi connectivity index (χ4n) is 3.83. The molecule has 1 amide bonds. The van der Waals surface area contributed by atoms with Gasteiger partial charge in [-0.25, -0.2) is 0 Å². The van der Waals surface area contributed by atoms with E-state index in [4.69, 9.17) is 10.9 Å². The number of nitrogens with zero attached hydrogens (tertiary/aromatic N) is 4. The maximum Gasteiger partial charge on any atom is 0.253 e. The van der Waals surface area contributed by atoms with Gasteiger partial charge in [-0.1, -0.05) is 30.3 Å². The SMILES string of the molecule is C=C(CCF)C(=O)N(CCCCCc1cc(C2CC2)n(C)n1)c1cccc(/C(N)=N/O)c1. The molecule has 172 valence electrons. The van der Waals surface area contributed by atoms with E-state index in [0.29, 0.717) is 23.7 Å². The molecule has 1 aliphatic rings. The summed E-state index contributed by atoms with van der Waals surface area (Å²) in [6.07, 6.45) is 6.10. The summed E-state index contributed by atoms with van der Waals surface area (Å²) in [4.78, 5) is 14.5. The van der Waals surface area contributed by atoms with Crippen LogP contribution in [0, 0.1) is 0 Å². The minimum atomic E-state index is -0.629. The highest BCUT2D eigenvalue weighted by molar-refractivity contribution is 6.06. The Labute approximate surface area is 188 Å². The van der Waals surface area contributed by atoms with Crippen LogP contribution in [0.1, 0.15) is 61.4 Å². The second kappa shape index (κ2) is 10.9. The van der Waals surface area contributed by atoms with Crippen LogP contribution in [0.4, 0.5) is 10.1 Å². The van der Waals surface area contributed by atoms with Gasteiger partial charge in [0.2, 0.25) is 0 Å². The number of hydrogen-bond acceptors (Lipinski definition) is 4. The molecule has 0 saturated heterocycles. The lowest BCUT2D eigenvalue weighted by Gasteiger charge is -2.24. The van der Waals surface area contributed by atoms with Crippen LogP contribution in [0.3, 0.4) is 0 Å². The van der Waals surface area contributed by atoms with Crippen molar-refractivity contribution in [2.45, 2.75) is 50.9 Å². The average Bonchev–Trinajstić information content (AvgIpc) is 3.57. The van der Waals surface area contributed by atoms with E-state index < -0.39 is 6.67 Å². The lowest BCUT2D eigenvalue weighted by molar-refractivity contribution is -0.115. The predicted octanol–water partition coefficient (Wildman–Crippen LogP) is 4.05. The third-order valence-electron chi connectivity index (χ3n) is 5.78. The van der Waals surface area contributed by atoms with E-state index in [1.165, 1.54) is 18.5 Å². The first-order valence-corrected chi connectivity index (χ1v) is 11.1. The highest BCUT2D eigenvalue weighted by Crippen LogP contribution is 2.40. The zero-order valence-electron chi connectivity index (χ0n) is 18.6. The molecular formula is C24H32FN5O2. The van der Waals surface area contributed by atoms with E-state index in [2.05, 4.69) is 22.9 Å². The first-order chi connectivity index (χ1) is 15.4. The Balaban J connectivity index is 1.60. The van der Waals surface area contributed by atoms with Gasteiger partial charge in [0.05, 0.1) is 12.4 Å². The number of hydrogen-bond donors (Lipinski definition) is 2. The fraction of sp³-hybridized carbons (Fsp3) is 0.458. The molecule has 8 heteroatoms. The Bertz CT molecular complexity index is 981. The Hall–Kier alpha value is -3.16. The van der Waals surface area contributed by atoms with Gasteiger partial charge in [0, 0.05) is 48.4 Å². The molecule has 2 aromatic rings. The van der Waals surface area contributed by atoms with Crippen LogP contribution in [-0.2, 0) is 18.3 Å². The smallest absolute Gasteiger partial charge is 0.253 e. The summed E-state index contributed by atoms with van der Waals surface area (Å²) in [5.41, 5.74) is 9.48. The average molecular weight is 442 g/mol. The maximum atomic E-state index is 12.9. The van der Waals surface area contributed by atoms with E-state index in [9.17, 15) is 9.18 Å². The maximum absolute atomic E-state index is 12.9. The highest BCUT2D eigenvalue weighted by Gasteiger charge is 2.27. The quantitative estimate of drug-likeness (QED) is 0.130. The number of unbranched alkanes of at least 4 members (excludes halogenated alkanes) is 2. The summed E-state index contributed by atoms with van der Waals surface area (Å²) < 4.78 is 14.8. The lowest BCUT2D eigenvalue weighted by atomic mass is 10.1. The Morgan fingerprint density at radius 2 is 2.12 bits per heavy atom. The number of benzene rings is 1. The summed E-state index contributed by atoms with van der Waals surface area (Å²) in [5.74, 6) is 0.333. The van der Waals surface area contributed by atoms with Crippen molar-refractivity contribution >= 4 is 17.4 Å². The number of halogens is 1. The number of rotatable bonds is 12. The van der Waals surface area contributed by atoms with Crippen LogP contribution in [0.2, 0.25) is 0 Å². The first-order valence-electron chi connectivity index (χ1n) is 11.1. The van der Waals surface area contributed by atoms with Crippen molar-refractivity contribution < 1.29 is 14.4 Å². The van der Waals surface area contributed by atoms with Crippen molar-refractivity contribution in [2.75, 3.05) is 18.1 Å². The standard InChI is InChI=1S/C24H32FN5O2/c1-17(12-13-25)24(31)30(21-9-6-7-19(15-21)23(26)28-32)14-5-3-4-8-20-16-22(18-10-11-18)29(2)27-20/h6-7,9,15-16,18,32H,1,3-5,8,10-14H2,2H3,(H2,26,28). The Kier molecular flexibility index (Phi) is 8.03. The number of alkyl halides is 1. The minimum absolute atomic E-state index is 0.00172. The van der Waals surface area contributed by atoms with Crippen LogP contribution >= 0.6 is 0 Å². The molecule has 1 aromatic heterocycles. The van der Waals surface area contributed by atoms with Gasteiger partial charge in [-0.3, -0.25) is 13.9 Å². The topological polar surface area (TPSA) is 96.7 Å². The van der Waals surface area contributed by atoms with Gasteiger partial charge in [-0.05, 0) is 50.3 Å². The molecule has 7 nitrogen and oxygen atoms in total. The summed E-state index contributed by atoms with van der Waals surface area (Å²) in [7, 11) is 2.01. The minimum Gasteiger partial charge on any atom is -0.409 e. The Morgan fingerprint density at radius 3 is 2.81 bits per heavy atom. The predicted molar refractivity (Wildman–Crippen MR) is 124 cm³/mol. The molecular weight excluding hydrogens is 409 g/mol. The van der Waals surface area contributed by atoms with Crippen LogP contribution < -0.4 is 10.6 Å². The number of aryl methyl sites for hydroxylation is 2. The van der Waals surface area contributed by atoms with Crippen molar-refractivity contribution in [1.29, 1.82) is 0 Å². The number of amides is 1. The van der Waals surface area contributed by atoms with E-state index in [1.54, 1.807) is 29.2 Å². The second-order valence-corrected chi connectivity index (χ2v) is 8.30. The van der Waals surface area contributed by atoms with Gasteiger partial charge < -0.3 is 15.8 Å². The molecule has 1 aromatic carbocycles. The number of aromatic nitrogens is 2. The van der Waals surface area contributed by atoms with Gasteiger partial charge in [0.15, 0.2) is 5.84 Å². The van der Waals surface area contributed by atoms with Crippen LogP contribution in [0.25, 0.3) is 0 Å². The zero-order valence-corrected chi connectivity index (χ0v) is 18.6. The number of nitrogens with two attached hydrogens (primary N) is 1. The third kappa shape index (κ3) is 5.96. The second-order valence-electron chi connectivity index (χ2n) is 8.30. The van der Waals surface area contributed by atoms with Crippen LogP contribution in [0.15, 0.2) is 47.6 Å². The number of carbonyl (C=O) groups excluding carboxylic acids is 1. The normalized spacial score (nSPS) is 13.9. The molecule has 0 radical (unpaired) electrons. The van der Waals surface area contributed by atoms with Gasteiger partial charge in [-0.15, -0.1) is 0 Å². The van der Waals surface area contributed by atoms with E-state index in [0.717, 1.165) is 31.4 Å². The molecule has 0 bridgehead atoms. The van der Waals surface area contributed by atoms with E-state index in [-0.39, 0.29) is 23.7 Å². The fourth-order valence-corrected chi connectivity index (χ4v) is 3.83. The van der Waals surface area contributed by atoms with Crippen molar-refractivity contribution in [3.63, 3.8) is 0 Å². The largest absolute Gasteiger partial charge is 0.409 e. The molecule has 0 unspecified atom stereocenters. The summed E-state index contributed by atoms with van der Waals surface area (Å²) in [6, 6.07) is 9.11. The summed E-state index contributed by atoms with van der Waals surface area (Å²) in [6.45, 7) is 3.59. The van der Waals surface area contributed by atoms with Gasteiger partial charge in [0.25, 0.3) is 5.91 Å². The molecule has 0 aliphatic heterocycles. The summed E-state index contributed by atoms with van der Waals surface area (Å²) >= 11 is 0. The number of amidine groups is 1. The van der Waals surface area contributed by atoms with Crippen LogP contribution in [0.5, 0.6) is 0 Å². The highest BCUT2D eigenvalue weighted by atomic mass is 19.1. The molecule has 1 aliphatic carbocycles. The van der Waals surface area contributed by atoms with Crippen molar-refractivity contribution in [3.05, 3.63) is 59.4 Å². The van der Waals surface area contributed by atoms with Crippen molar-refractivity contribution in [1.82, 2.24) is 9.78 Å². The molecule has 0 atom stereocenters. The third-order valence-corrected chi connectivity index (χ3v) is 5.78. The molecule has 1 saturated carbocycles. The van der Waals surface area contributed by atoms with Crippen LogP contribution in [-0.4, -0.2) is 39.9 Å². The Morgan fingerprint density at radius 1 is 1.34 bits per heavy atom. The summed E-state index contributed by atoms with van der Waals surface area (Å²) in [5, 5.41) is 16.6. The van der Waals surface area contributed by atoms with Crippen molar-refractivity contribution in [3.8, 4) is 0 Å². The van der Waals surface area contributed by atoms with E-state index in [1.807, 2.05) is 11.7 Å². The van der Waals surface area contributed by atoms with Crippen molar-refractivity contribution in [2.24, 2.45) is 17.9 Å². The molecule has 3 rings (SSSR count). The van der Waals surface area contributed by atoms with Gasteiger partial charge >= 0.3 is 0 Å². The molecule has 1 fully saturated rings. The monoisotopic (exact) mass is 441 g/mol. The zero-order chi connectivity index (χ0) is 23.1. The molecule has 0 spiro atoms. The van der Waals surface area contributed by atoms with E-state index >= 15 is 0 Å². The number of carbonyl (C=O) groups is 1. The first kappa shape index (κ1) is 23.5. The lowest BCUT2D eigenvalue weighted by Crippen LogP contribution is -2.33. The molecule has 32 heavy (non-hydrogen) atoms. The van der Waals surface area contributed by atoms with Gasteiger partial charge in [-0.2, -0.15) is 5.10 Å².